The molecule has 1 aromatic rings. The van der Waals surface area contributed by atoms with Gasteiger partial charge in [0.25, 0.3) is 0 Å². The van der Waals surface area contributed by atoms with Crippen molar-refractivity contribution in [3.05, 3.63) is 35.4 Å². The molecule has 33 heteroatoms. The molecule has 5 saturated heterocycles. The number of aliphatic carboxylic acids is 1. The van der Waals surface area contributed by atoms with Crippen molar-refractivity contribution in [2.24, 2.45) is 50.2 Å². The maximum absolute atomic E-state index is 16.0. The third-order valence-corrected chi connectivity index (χ3v) is 25.4. The Bertz CT molecular complexity index is 3240. The largest absolute Gasteiger partial charge is 0.493 e. The summed E-state index contributed by atoms with van der Waals surface area (Å²) in [6, 6.07) is 3.14. The van der Waals surface area contributed by atoms with Gasteiger partial charge in [-0.05, 0) is 136 Å². The molecule has 5 heterocycles. The molecule has 11 rings (SSSR count). The van der Waals surface area contributed by atoms with Gasteiger partial charge in [0.1, 0.15) is 97.7 Å². The maximum atomic E-state index is 16.0. The fourth-order valence-corrected chi connectivity index (χ4v) is 19.5. The summed E-state index contributed by atoms with van der Waals surface area (Å²) < 4.78 is 82.5. The molecule has 10 aliphatic rings. The van der Waals surface area contributed by atoms with Gasteiger partial charge in [0.2, 0.25) is 12.0 Å². The predicted molar refractivity (Wildman–Crippen MR) is 350 cm³/mol. The highest BCUT2D eigenvalue weighted by Crippen LogP contribution is 2.76. The van der Waals surface area contributed by atoms with Gasteiger partial charge in [-0.2, -0.15) is 0 Å². The number of benzene rings is 1. The monoisotopic (exact) mass is 1490 g/mol. The fourth-order valence-electron chi connectivity index (χ4n) is 19.5. The molecular weight excluding hydrogens is 1380 g/mol. The lowest BCUT2D eigenvalue weighted by atomic mass is 9.33. The molecule has 16 N–H and O–H groups in total. The molecule has 0 amide bonds. The van der Waals surface area contributed by atoms with Crippen LogP contribution in [0.5, 0.6) is 17.2 Å². The van der Waals surface area contributed by atoms with Gasteiger partial charge in [0.05, 0.1) is 76.9 Å². The minimum Gasteiger partial charge on any atom is -0.493 e. The van der Waals surface area contributed by atoms with Crippen LogP contribution in [0.25, 0.3) is 6.08 Å². The van der Waals surface area contributed by atoms with E-state index in [9.17, 15) is 91.3 Å². The van der Waals surface area contributed by atoms with Crippen LogP contribution in [-0.2, 0) is 66.5 Å². The molecule has 34 atom stereocenters. The lowest BCUT2D eigenvalue weighted by Gasteiger charge is -2.71. The maximum Gasteiger partial charge on any atom is 0.331 e. The Balaban J connectivity index is 0.856. The van der Waals surface area contributed by atoms with E-state index >= 15 is 4.79 Å². The Kier molecular flexibility index (Phi) is 23.8. The second-order valence-electron chi connectivity index (χ2n) is 31.6. The number of aliphatic hydroxyl groups excluding tert-OH is 15. The molecule has 6 unspecified atom stereocenters. The van der Waals surface area contributed by atoms with Crippen LogP contribution in [0.4, 0.5) is 0 Å². The highest BCUT2D eigenvalue weighted by atomic mass is 16.8. The van der Waals surface area contributed by atoms with Gasteiger partial charge in [-0.15, -0.1) is 0 Å². The van der Waals surface area contributed by atoms with Crippen molar-refractivity contribution in [2.75, 3.05) is 47.8 Å². The zero-order valence-electron chi connectivity index (χ0n) is 59.9. The molecule has 4 saturated carbocycles. The first-order valence-corrected chi connectivity index (χ1v) is 35.7. The number of ether oxygens (including phenoxy) is 14. The molecule has 0 radical (unpaired) electrons. The predicted octanol–water partition coefficient (Wildman–Crippen LogP) is -2.22. The summed E-state index contributed by atoms with van der Waals surface area (Å²) in [6.07, 6.45) is -37.5. The van der Waals surface area contributed by atoms with E-state index in [-0.39, 0.29) is 61.4 Å². The van der Waals surface area contributed by atoms with E-state index in [1.54, 1.807) is 12.1 Å². The van der Waals surface area contributed by atoms with Crippen LogP contribution >= 0.6 is 0 Å². The number of methoxy groups -OCH3 is 3. The molecule has 104 heavy (non-hydrogen) atoms. The Morgan fingerprint density at radius 2 is 1.12 bits per heavy atom. The van der Waals surface area contributed by atoms with Crippen LogP contribution in [0.3, 0.4) is 0 Å². The Hall–Kier alpha value is -4.45. The summed E-state index contributed by atoms with van der Waals surface area (Å²) in [7, 11) is 4.25. The molecule has 1 aromatic carbocycles. The molecular formula is C71H106O33. The molecule has 5 aliphatic carbocycles. The van der Waals surface area contributed by atoms with E-state index in [0.29, 0.717) is 31.2 Å². The number of carboxylic acids is 1. The lowest BCUT2D eigenvalue weighted by molar-refractivity contribution is -0.378. The molecule has 588 valence electrons. The van der Waals surface area contributed by atoms with Crippen LogP contribution in [0, 0.1) is 50.2 Å². The van der Waals surface area contributed by atoms with Gasteiger partial charge >= 0.3 is 17.9 Å². The lowest BCUT2D eigenvalue weighted by Crippen LogP contribution is -2.71. The molecule has 9 fully saturated rings. The van der Waals surface area contributed by atoms with Gasteiger partial charge in [-0.1, -0.05) is 39.3 Å². The van der Waals surface area contributed by atoms with E-state index in [1.807, 2.05) is 6.92 Å². The minimum absolute atomic E-state index is 0.00124. The van der Waals surface area contributed by atoms with E-state index in [0.717, 1.165) is 11.6 Å². The second-order valence-corrected chi connectivity index (χ2v) is 31.6. The van der Waals surface area contributed by atoms with Crippen LogP contribution in [-0.4, -0.2) is 307 Å². The average Bonchev–Trinajstić information content (AvgIpc) is 0.669. The second kappa shape index (κ2) is 30.8. The SMILES string of the molecule is COc1cc(/C=C/C(=O)O[C@@H]2[C@H](O)[C@@H](O[C@@H]3O[C@@H](C)[C@H](O[C@@H]4OC[C@@H](O[C@@H]5O[C@H](CO)[C@H](O)[C@H](O)[C@H]5O)[C@H](O)[C@H]4O)[C@@H](O)[C@H]3O)[C@H](OC(=O)[C@]34CCC(C)(C)CC3C3=CCC5[C@@]6(C)CC(O)C(O[C@@H]7O[C@H](CO)[C@@H](O)[C@H](O)[C@H]7O)C(C)(C(=O)O)C6CC[C@@]5(C)[C@]3(CO)CC4)O[C@@H]2C)cc(OC)c1OC. The summed E-state index contributed by atoms with van der Waals surface area (Å²) in [5.41, 5.74) is -5.17. The number of carbonyl (C=O) groups is 3. The van der Waals surface area contributed by atoms with E-state index < -0.39 is 242 Å². The highest BCUT2D eigenvalue weighted by molar-refractivity contribution is 5.87. The molecule has 33 nitrogen and oxygen atoms in total. The van der Waals surface area contributed by atoms with Crippen molar-refractivity contribution >= 4 is 24.0 Å². The summed E-state index contributed by atoms with van der Waals surface area (Å²) in [5, 5.41) is 178. The average molecular weight is 1490 g/mol. The van der Waals surface area contributed by atoms with Crippen molar-refractivity contribution in [1.29, 1.82) is 0 Å². The minimum atomic E-state index is -2.09. The number of carboxylic acid groups (broad SMARTS) is 1. The van der Waals surface area contributed by atoms with Gasteiger partial charge in [0.15, 0.2) is 48.9 Å². The number of hydrogen-bond donors (Lipinski definition) is 16. The standard InChI is InChI=1S/C71H106O33/c1-29-54(101-59-49(83)45(79)39(27-94-59)99-61-50(84)46(80)43(77)37(25-72)97-61)48(82)52(86)60(95-29)102-57-53(87)55(100-42(76)14-11-31-21-35(91-8)56(93-10)36(22-31)92-9)30(2)96-63(57)104-65(90)70-18-17-66(3,4)23-33(70)32-12-13-40-67(5)24-34(75)58(103-62-51(85)47(81)44(78)38(26-73)98-62)69(7,64(88)89)41(67)15-16-68(40,6)71(32,28-74)20-19-70/h11-12,14,21-22,29-30,33-34,37-41,43-55,57-63,72-75,77-87H,13,15-20,23-28H2,1-10H3,(H,88,89)/b14-11+/t29-,30+,33?,34?,37+,38+,39+,40?,41?,43-,44+,45-,46-,47-,48-,49+,50+,51+,52+,53-,54-,55-,57+,58?,59-,60-,61-,62-,63-,67+,68+,69?,70-,71-/m0/s1. The number of allylic oxidation sites excluding steroid dienone is 1. The van der Waals surface area contributed by atoms with E-state index in [4.69, 9.17) is 66.3 Å². The smallest absolute Gasteiger partial charge is 0.331 e. The van der Waals surface area contributed by atoms with Crippen LogP contribution in [0.2, 0.25) is 0 Å². The van der Waals surface area contributed by atoms with Gasteiger partial charge in [0, 0.05) is 11.5 Å². The third kappa shape index (κ3) is 13.8. The number of esters is 2. The third-order valence-electron chi connectivity index (χ3n) is 25.4. The molecule has 5 aliphatic heterocycles. The highest BCUT2D eigenvalue weighted by Gasteiger charge is 2.74. The summed E-state index contributed by atoms with van der Waals surface area (Å²) in [5.74, 6) is -3.93. The first kappa shape index (κ1) is 80.6. The quantitative estimate of drug-likeness (QED) is 0.0285. The molecule has 0 spiro atoms. The van der Waals surface area contributed by atoms with Crippen molar-refractivity contribution in [3.8, 4) is 17.2 Å². The van der Waals surface area contributed by atoms with Crippen LogP contribution in [0.15, 0.2) is 29.9 Å². The van der Waals surface area contributed by atoms with E-state index in [1.165, 1.54) is 48.2 Å². The van der Waals surface area contributed by atoms with Crippen LogP contribution < -0.4 is 14.2 Å². The number of carbonyl (C=O) groups excluding carboxylic acids is 2. The van der Waals surface area contributed by atoms with Crippen LogP contribution in [0.1, 0.15) is 112 Å². The normalized spacial score (nSPS) is 47.9. The van der Waals surface area contributed by atoms with Gasteiger partial charge < -0.3 is 148 Å². The van der Waals surface area contributed by atoms with Crippen molar-refractivity contribution < 1.29 is 162 Å². The summed E-state index contributed by atoms with van der Waals surface area (Å²) in [4.78, 5) is 43.8. The Morgan fingerprint density at radius 3 is 1.71 bits per heavy atom. The van der Waals surface area contributed by atoms with Gasteiger partial charge in [-0.3, -0.25) is 9.59 Å². The Labute approximate surface area is 600 Å². The van der Waals surface area contributed by atoms with Crippen molar-refractivity contribution in [3.63, 3.8) is 0 Å². The van der Waals surface area contributed by atoms with Gasteiger partial charge in [-0.25, -0.2) is 4.79 Å². The zero-order chi connectivity index (χ0) is 76.0. The number of hydrogen-bond acceptors (Lipinski definition) is 32. The number of rotatable bonds is 20. The first-order chi connectivity index (χ1) is 49.0. The summed E-state index contributed by atoms with van der Waals surface area (Å²) >= 11 is 0. The van der Waals surface area contributed by atoms with Crippen molar-refractivity contribution in [2.45, 2.75) is 266 Å². The number of aliphatic hydroxyl groups is 15. The fraction of sp³-hybridized carbons (Fsp3) is 0.817. The summed E-state index contributed by atoms with van der Waals surface area (Å²) in [6.45, 7) is 10.1. The molecule has 0 bridgehead atoms. The van der Waals surface area contributed by atoms with Crippen molar-refractivity contribution in [1.82, 2.24) is 0 Å². The first-order valence-electron chi connectivity index (χ1n) is 35.7. The van der Waals surface area contributed by atoms with E-state index in [2.05, 4.69) is 26.8 Å². The number of fused-ring (bicyclic) bond motifs is 7. The Morgan fingerprint density at radius 1 is 0.567 bits per heavy atom. The zero-order valence-corrected chi connectivity index (χ0v) is 59.9. The topological polar surface area (TPSA) is 504 Å². The molecule has 0 aromatic heterocycles.